The van der Waals surface area contributed by atoms with Crippen LogP contribution in [0.15, 0.2) is 12.1 Å². The molecule has 2 rings (SSSR count). The number of carbonyl (C=O) groups excluding carboxylic acids is 2. The van der Waals surface area contributed by atoms with E-state index in [1.807, 2.05) is 19.1 Å². The third-order valence-electron chi connectivity index (χ3n) is 3.01. The van der Waals surface area contributed by atoms with E-state index in [2.05, 4.69) is 0 Å². The Balaban J connectivity index is 1.94. The number of hydrogen-bond donors (Lipinski definition) is 1. The summed E-state index contributed by atoms with van der Waals surface area (Å²) in [5, 5.41) is 8.77. The smallest absolute Gasteiger partial charge is 0.264 e. The molecule has 1 saturated heterocycles. The van der Waals surface area contributed by atoms with E-state index in [4.69, 9.17) is 5.11 Å². The highest BCUT2D eigenvalue weighted by Crippen LogP contribution is 2.18. The fourth-order valence-electron chi connectivity index (χ4n) is 1.96. The summed E-state index contributed by atoms with van der Waals surface area (Å²) in [6.07, 6.45) is 0. The van der Waals surface area contributed by atoms with Crippen LogP contribution >= 0.6 is 11.3 Å². The van der Waals surface area contributed by atoms with Gasteiger partial charge in [0.05, 0.1) is 4.88 Å². The normalized spacial score (nSPS) is 15.9. The highest BCUT2D eigenvalue weighted by molar-refractivity contribution is 7.13. The van der Waals surface area contributed by atoms with Crippen molar-refractivity contribution in [1.29, 1.82) is 0 Å². The molecule has 0 unspecified atom stereocenters. The SMILES string of the molecule is Cc1ccc(C(=O)N2CCN(C(=O)CO)CC2)s1. The van der Waals surface area contributed by atoms with Crippen molar-refractivity contribution >= 4 is 23.2 Å². The molecule has 5 nitrogen and oxygen atoms in total. The molecule has 0 bridgehead atoms. The Bertz CT molecular complexity index is 450. The molecule has 1 aliphatic heterocycles. The van der Waals surface area contributed by atoms with Crippen molar-refractivity contribution in [3.8, 4) is 0 Å². The lowest BCUT2D eigenvalue weighted by molar-refractivity contribution is -0.135. The molecule has 0 aromatic carbocycles. The van der Waals surface area contributed by atoms with Gasteiger partial charge in [-0.15, -0.1) is 11.3 Å². The van der Waals surface area contributed by atoms with Crippen molar-refractivity contribution in [3.05, 3.63) is 21.9 Å². The Labute approximate surface area is 110 Å². The summed E-state index contributed by atoms with van der Waals surface area (Å²) in [5.74, 6) is -0.238. The first-order chi connectivity index (χ1) is 8.61. The third kappa shape index (κ3) is 2.70. The molecule has 1 fully saturated rings. The number of piperazine rings is 1. The Hall–Kier alpha value is -1.40. The summed E-state index contributed by atoms with van der Waals surface area (Å²) in [6, 6.07) is 3.77. The van der Waals surface area contributed by atoms with Crippen LogP contribution in [0, 0.1) is 6.92 Å². The molecule has 1 aromatic heterocycles. The highest BCUT2D eigenvalue weighted by atomic mass is 32.1. The molecular formula is C12H16N2O3S. The molecule has 1 aliphatic rings. The molecule has 0 saturated carbocycles. The standard InChI is InChI=1S/C12H16N2O3S/c1-9-2-3-10(18-9)12(17)14-6-4-13(5-7-14)11(16)8-15/h2-3,15H,4-8H2,1H3. The van der Waals surface area contributed by atoms with E-state index in [-0.39, 0.29) is 11.8 Å². The van der Waals surface area contributed by atoms with Crippen molar-refractivity contribution in [3.63, 3.8) is 0 Å². The predicted molar refractivity (Wildman–Crippen MR) is 68.6 cm³/mol. The van der Waals surface area contributed by atoms with Crippen LogP contribution in [0.5, 0.6) is 0 Å². The van der Waals surface area contributed by atoms with Gasteiger partial charge in [0.25, 0.3) is 5.91 Å². The number of thiophene rings is 1. The molecule has 2 amide bonds. The van der Waals surface area contributed by atoms with Gasteiger partial charge in [0, 0.05) is 31.1 Å². The van der Waals surface area contributed by atoms with Crippen molar-refractivity contribution in [2.24, 2.45) is 0 Å². The number of aliphatic hydroxyl groups excluding tert-OH is 1. The molecule has 0 radical (unpaired) electrons. The molecule has 1 N–H and O–H groups in total. The van der Waals surface area contributed by atoms with Crippen molar-refractivity contribution in [2.75, 3.05) is 32.8 Å². The average molecular weight is 268 g/mol. The lowest BCUT2D eigenvalue weighted by Gasteiger charge is -2.34. The van der Waals surface area contributed by atoms with Gasteiger partial charge in [-0.3, -0.25) is 9.59 Å². The quantitative estimate of drug-likeness (QED) is 0.841. The number of carbonyl (C=O) groups is 2. The van der Waals surface area contributed by atoms with Crippen LogP contribution in [-0.4, -0.2) is 59.5 Å². The fourth-order valence-corrected chi connectivity index (χ4v) is 2.80. The first-order valence-corrected chi connectivity index (χ1v) is 6.68. The molecule has 0 atom stereocenters. The van der Waals surface area contributed by atoms with Gasteiger partial charge in [-0.1, -0.05) is 0 Å². The first-order valence-electron chi connectivity index (χ1n) is 5.86. The Morgan fingerprint density at radius 1 is 1.22 bits per heavy atom. The Kier molecular flexibility index (Phi) is 3.98. The van der Waals surface area contributed by atoms with Crippen LogP contribution < -0.4 is 0 Å². The number of aryl methyl sites for hydroxylation is 1. The molecule has 0 spiro atoms. The Morgan fingerprint density at radius 2 is 1.83 bits per heavy atom. The van der Waals surface area contributed by atoms with E-state index in [9.17, 15) is 9.59 Å². The lowest BCUT2D eigenvalue weighted by Crippen LogP contribution is -2.51. The van der Waals surface area contributed by atoms with Gasteiger partial charge in [-0.25, -0.2) is 0 Å². The summed E-state index contributed by atoms with van der Waals surface area (Å²) >= 11 is 1.49. The largest absolute Gasteiger partial charge is 0.387 e. The van der Waals surface area contributed by atoms with Crippen LogP contribution in [0.1, 0.15) is 14.5 Å². The van der Waals surface area contributed by atoms with Crippen LogP contribution in [0.3, 0.4) is 0 Å². The zero-order valence-corrected chi connectivity index (χ0v) is 11.1. The van der Waals surface area contributed by atoms with Gasteiger partial charge in [-0.2, -0.15) is 0 Å². The second-order valence-corrected chi connectivity index (χ2v) is 5.53. The van der Waals surface area contributed by atoms with E-state index in [0.29, 0.717) is 26.2 Å². The van der Waals surface area contributed by atoms with Crippen LogP contribution in [0.2, 0.25) is 0 Å². The number of rotatable bonds is 2. The number of nitrogens with zero attached hydrogens (tertiary/aromatic N) is 2. The third-order valence-corrected chi connectivity index (χ3v) is 3.99. The van der Waals surface area contributed by atoms with E-state index < -0.39 is 6.61 Å². The lowest BCUT2D eigenvalue weighted by atomic mass is 10.3. The first kappa shape index (κ1) is 13.0. The predicted octanol–water partition coefficient (Wildman–Crippen LogP) is 0.333. The molecule has 1 aromatic rings. The van der Waals surface area contributed by atoms with Crippen LogP contribution in [0.25, 0.3) is 0 Å². The summed E-state index contributed by atoms with van der Waals surface area (Å²) in [6.45, 7) is 3.56. The molecule has 98 valence electrons. The van der Waals surface area contributed by atoms with E-state index in [1.54, 1.807) is 9.80 Å². The summed E-state index contributed by atoms with van der Waals surface area (Å²) in [7, 11) is 0. The van der Waals surface area contributed by atoms with Gasteiger partial charge in [0.2, 0.25) is 5.91 Å². The monoisotopic (exact) mass is 268 g/mol. The molecule has 18 heavy (non-hydrogen) atoms. The minimum atomic E-state index is -0.460. The maximum atomic E-state index is 12.1. The average Bonchev–Trinajstić information content (AvgIpc) is 2.84. The topological polar surface area (TPSA) is 60.9 Å². The summed E-state index contributed by atoms with van der Waals surface area (Å²) in [4.78, 5) is 28.6. The number of hydrogen-bond acceptors (Lipinski definition) is 4. The molecule has 0 aliphatic carbocycles. The second-order valence-electron chi connectivity index (χ2n) is 4.24. The molecule has 2 heterocycles. The van der Waals surface area contributed by atoms with Crippen molar-refractivity contribution < 1.29 is 14.7 Å². The summed E-state index contributed by atoms with van der Waals surface area (Å²) in [5.41, 5.74) is 0. The van der Waals surface area contributed by atoms with Crippen molar-refractivity contribution in [2.45, 2.75) is 6.92 Å². The van der Waals surface area contributed by atoms with Gasteiger partial charge in [0.15, 0.2) is 0 Å². The van der Waals surface area contributed by atoms with E-state index in [0.717, 1.165) is 9.75 Å². The Morgan fingerprint density at radius 3 is 2.33 bits per heavy atom. The maximum absolute atomic E-state index is 12.1. The number of amides is 2. The maximum Gasteiger partial charge on any atom is 0.264 e. The van der Waals surface area contributed by atoms with Gasteiger partial charge in [0.1, 0.15) is 6.61 Å². The van der Waals surface area contributed by atoms with Crippen LogP contribution in [-0.2, 0) is 4.79 Å². The number of aliphatic hydroxyl groups is 1. The molecular weight excluding hydrogens is 252 g/mol. The van der Waals surface area contributed by atoms with Gasteiger partial charge in [-0.05, 0) is 19.1 Å². The minimum Gasteiger partial charge on any atom is -0.387 e. The fraction of sp³-hybridized carbons (Fsp3) is 0.500. The minimum absolute atomic E-state index is 0.0317. The molecule has 6 heteroatoms. The van der Waals surface area contributed by atoms with Crippen LogP contribution in [0.4, 0.5) is 0 Å². The highest BCUT2D eigenvalue weighted by Gasteiger charge is 2.24. The second kappa shape index (κ2) is 5.49. The van der Waals surface area contributed by atoms with Gasteiger partial charge >= 0.3 is 0 Å². The van der Waals surface area contributed by atoms with Crippen molar-refractivity contribution in [1.82, 2.24) is 9.80 Å². The zero-order valence-electron chi connectivity index (χ0n) is 10.3. The van der Waals surface area contributed by atoms with E-state index >= 15 is 0 Å². The van der Waals surface area contributed by atoms with E-state index in [1.165, 1.54) is 11.3 Å². The zero-order chi connectivity index (χ0) is 13.1. The van der Waals surface area contributed by atoms with Gasteiger partial charge < -0.3 is 14.9 Å². The summed E-state index contributed by atoms with van der Waals surface area (Å²) < 4.78 is 0.